The largest absolute Gasteiger partial charge is 0.468 e. The average molecular weight is 526 g/mol. The average Bonchev–Trinajstić information content (AvgIpc) is 2.90. The van der Waals surface area contributed by atoms with E-state index >= 15 is 0 Å². The molecule has 2 atom stereocenters. The molecular weight excluding hydrogens is 486 g/mol. The highest BCUT2D eigenvalue weighted by Gasteiger charge is 2.57. The van der Waals surface area contributed by atoms with Crippen molar-refractivity contribution < 1.29 is 28.7 Å². The number of piperidine rings is 1. The Kier molecular flexibility index (Phi) is 8.13. The summed E-state index contributed by atoms with van der Waals surface area (Å²) < 4.78 is 10.4. The highest BCUT2D eigenvalue weighted by molar-refractivity contribution is 5.92. The van der Waals surface area contributed by atoms with Crippen molar-refractivity contribution in [1.82, 2.24) is 14.7 Å². The number of carbonyl (C=O) groups excluding carboxylic acids is 4. The van der Waals surface area contributed by atoms with Gasteiger partial charge in [0.05, 0.1) is 20.3 Å². The topological polar surface area (TPSA) is 96.5 Å². The summed E-state index contributed by atoms with van der Waals surface area (Å²) in [5, 5.41) is 0. The second-order valence-electron chi connectivity index (χ2n) is 11.3. The first-order valence-corrected chi connectivity index (χ1v) is 13.4. The summed E-state index contributed by atoms with van der Waals surface area (Å²) in [6.07, 6.45) is 3.18. The Labute approximate surface area is 224 Å². The van der Waals surface area contributed by atoms with Crippen molar-refractivity contribution in [2.75, 3.05) is 39.9 Å². The maximum absolute atomic E-state index is 13.9. The zero-order valence-electron chi connectivity index (χ0n) is 22.9. The lowest BCUT2D eigenvalue weighted by molar-refractivity contribution is -0.163. The first kappa shape index (κ1) is 27.7. The quantitative estimate of drug-likeness (QED) is 0.527. The van der Waals surface area contributed by atoms with Crippen LogP contribution in [0.25, 0.3) is 0 Å². The van der Waals surface area contributed by atoms with Gasteiger partial charge in [0.2, 0.25) is 11.8 Å². The van der Waals surface area contributed by atoms with Crippen LogP contribution in [0.4, 0.5) is 4.79 Å². The van der Waals surface area contributed by atoms with Gasteiger partial charge in [-0.05, 0) is 37.2 Å². The molecule has 3 amide bonds. The van der Waals surface area contributed by atoms with Crippen molar-refractivity contribution in [2.24, 2.45) is 16.7 Å². The van der Waals surface area contributed by atoms with Crippen LogP contribution in [0.1, 0.15) is 52.0 Å². The molecule has 9 heteroatoms. The van der Waals surface area contributed by atoms with Crippen LogP contribution in [0.3, 0.4) is 0 Å². The monoisotopic (exact) mass is 525 g/mol. The van der Waals surface area contributed by atoms with Crippen LogP contribution in [0.2, 0.25) is 0 Å². The first-order valence-electron chi connectivity index (χ1n) is 13.4. The number of amides is 3. The van der Waals surface area contributed by atoms with Crippen molar-refractivity contribution in [3.63, 3.8) is 0 Å². The number of rotatable bonds is 6. The van der Waals surface area contributed by atoms with Crippen LogP contribution in [0.5, 0.6) is 0 Å². The van der Waals surface area contributed by atoms with Crippen LogP contribution in [-0.4, -0.2) is 78.5 Å². The molecule has 0 spiro atoms. The van der Waals surface area contributed by atoms with E-state index in [0.29, 0.717) is 51.4 Å². The fourth-order valence-corrected chi connectivity index (χ4v) is 6.18. The van der Waals surface area contributed by atoms with Gasteiger partial charge >= 0.3 is 12.1 Å². The standard InChI is InChI=1S/C29H39N3O6/c1-5-38-27(36)31-15-13-30(14-16-31)24(33)17-22-18-29(26(35)37-4)20-28(2,3)12-11-23(29)32(25(22)34)19-21-9-7-6-8-10-21/h6-11,22H,5,12-20H2,1-4H3/t22-,29-/m1/s1. The minimum absolute atomic E-state index is 0.00990. The van der Waals surface area contributed by atoms with Gasteiger partial charge in [-0.25, -0.2) is 4.79 Å². The second-order valence-corrected chi connectivity index (χ2v) is 11.3. The van der Waals surface area contributed by atoms with E-state index < -0.39 is 11.3 Å². The maximum atomic E-state index is 13.9. The molecule has 206 valence electrons. The molecule has 2 heterocycles. The van der Waals surface area contributed by atoms with Gasteiger partial charge < -0.3 is 24.2 Å². The van der Waals surface area contributed by atoms with Crippen molar-refractivity contribution in [3.05, 3.63) is 47.7 Å². The van der Waals surface area contributed by atoms with Crippen LogP contribution in [-0.2, 0) is 30.4 Å². The molecule has 2 saturated heterocycles. The van der Waals surface area contributed by atoms with Crippen molar-refractivity contribution in [1.29, 1.82) is 0 Å². The molecule has 0 unspecified atom stereocenters. The number of ether oxygens (including phenoxy) is 2. The van der Waals surface area contributed by atoms with Crippen LogP contribution in [0.15, 0.2) is 42.1 Å². The predicted octanol–water partition coefficient (Wildman–Crippen LogP) is 3.59. The molecule has 38 heavy (non-hydrogen) atoms. The molecule has 3 aliphatic rings. The summed E-state index contributed by atoms with van der Waals surface area (Å²) in [5.74, 6) is -1.30. The predicted molar refractivity (Wildman–Crippen MR) is 140 cm³/mol. The number of nitrogens with zero attached hydrogens (tertiary/aromatic N) is 3. The molecule has 0 radical (unpaired) electrons. The number of hydrogen-bond donors (Lipinski definition) is 0. The number of methoxy groups -OCH3 is 1. The third-order valence-corrected chi connectivity index (χ3v) is 7.96. The summed E-state index contributed by atoms with van der Waals surface area (Å²) in [5.41, 5.74) is 0.498. The highest BCUT2D eigenvalue weighted by atomic mass is 16.6. The Morgan fingerprint density at radius 2 is 1.68 bits per heavy atom. The van der Waals surface area contributed by atoms with Gasteiger partial charge in [-0.1, -0.05) is 50.3 Å². The SMILES string of the molecule is CCOC(=O)N1CCN(C(=O)C[C@@H]2C[C@@]3(C(=O)OC)CC(C)(C)CC=C3N(Cc3ccccc3)C2=O)CC1. The van der Waals surface area contributed by atoms with Gasteiger partial charge in [0.1, 0.15) is 5.41 Å². The van der Waals surface area contributed by atoms with E-state index in [1.165, 1.54) is 7.11 Å². The molecule has 4 rings (SSSR count). The molecular formula is C29H39N3O6. The summed E-state index contributed by atoms with van der Waals surface area (Å²) >= 11 is 0. The summed E-state index contributed by atoms with van der Waals surface area (Å²) in [6, 6.07) is 9.68. The Balaban J connectivity index is 1.59. The molecule has 0 bridgehead atoms. The number of benzene rings is 1. The third-order valence-electron chi connectivity index (χ3n) is 7.96. The van der Waals surface area contributed by atoms with E-state index in [2.05, 4.69) is 13.8 Å². The third kappa shape index (κ3) is 5.56. The molecule has 2 aliphatic heterocycles. The zero-order valence-corrected chi connectivity index (χ0v) is 22.9. The fourth-order valence-electron chi connectivity index (χ4n) is 6.18. The molecule has 0 saturated carbocycles. The number of esters is 1. The Hall–Kier alpha value is -3.36. The number of fused-ring (bicyclic) bond motifs is 1. The first-order chi connectivity index (χ1) is 18.1. The second kappa shape index (κ2) is 11.2. The van der Waals surface area contributed by atoms with Crippen molar-refractivity contribution in [3.8, 4) is 0 Å². The lowest BCUT2D eigenvalue weighted by Crippen LogP contribution is -2.56. The van der Waals surface area contributed by atoms with Crippen LogP contribution >= 0.6 is 0 Å². The number of hydrogen-bond acceptors (Lipinski definition) is 6. The van der Waals surface area contributed by atoms with Gasteiger partial charge in [0.15, 0.2) is 0 Å². The van der Waals surface area contributed by atoms with E-state index in [-0.39, 0.29) is 42.1 Å². The highest BCUT2D eigenvalue weighted by Crippen LogP contribution is 2.55. The van der Waals surface area contributed by atoms with Gasteiger partial charge in [-0.3, -0.25) is 14.4 Å². The number of piperazine rings is 1. The fraction of sp³-hybridized carbons (Fsp3) is 0.586. The molecule has 9 nitrogen and oxygen atoms in total. The van der Waals surface area contributed by atoms with Crippen LogP contribution < -0.4 is 0 Å². The van der Waals surface area contributed by atoms with Crippen molar-refractivity contribution >= 4 is 23.9 Å². The lowest BCUT2D eigenvalue weighted by atomic mass is 9.59. The molecule has 1 aliphatic carbocycles. The molecule has 1 aromatic carbocycles. The number of likely N-dealkylation sites (tertiary alicyclic amines) is 1. The minimum atomic E-state index is -0.993. The van der Waals surface area contributed by atoms with Gasteiger partial charge in [-0.15, -0.1) is 0 Å². The zero-order chi connectivity index (χ0) is 27.5. The van der Waals surface area contributed by atoms with E-state index in [1.54, 1.807) is 21.6 Å². The minimum Gasteiger partial charge on any atom is -0.468 e. The Bertz CT molecular complexity index is 1090. The maximum Gasteiger partial charge on any atom is 0.409 e. The molecule has 2 fully saturated rings. The van der Waals surface area contributed by atoms with Crippen molar-refractivity contribution in [2.45, 2.75) is 53.0 Å². The molecule has 0 N–H and O–H groups in total. The van der Waals surface area contributed by atoms with Gasteiger partial charge in [0.25, 0.3) is 0 Å². The van der Waals surface area contributed by atoms with Gasteiger partial charge in [0, 0.05) is 44.2 Å². The Morgan fingerprint density at radius 3 is 2.32 bits per heavy atom. The summed E-state index contributed by atoms with van der Waals surface area (Å²) in [7, 11) is 1.39. The summed E-state index contributed by atoms with van der Waals surface area (Å²) in [4.78, 5) is 57.8. The number of allylic oxidation sites excluding steroid dienone is 1. The van der Waals surface area contributed by atoms with Gasteiger partial charge in [-0.2, -0.15) is 0 Å². The van der Waals surface area contributed by atoms with Crippen LogP contribution in [0, 0.1) is 16.7 Å². The van der Waals surface area contributed by atoms with E-state index in [9.17, 15) is 19.2 Å². The lowest BCUT2D eigenvalue weighted by Gasteiger charge is -2.51. The normalized spacial score (nSPS) is 24.8. The molecule has 0 aromatic heterocycles. The van der Waals surface area contributed by atoms with E-state index in [1.807, 2.05) is 36.4 Å². The number of carbonyl (C=O) groups is 4. The smallest absolute Gasteiger partial charge is 0.409 e. The van der Waals surface area contributed by atoms with E-state index in [0.717, 1.165) is 12.0 Å². The molecule has 1 aromatic rings. The summed E-state index contributed by atoms with van der Waals surface area (Å²) in [6.45, 7) is 8.16. The van der Waals surface area contributed by atoms with E-state index in [4.69, 9.17) is 9.47 Å². The Morgan fingerprint density at radius 1 is 1.03 bits per heavy atom.